The molecule has 0 radical (unpaired) electrons. The van der Waals surface area contributed by atoms with Gasteiger partial charge in [0.25, 0.3) is 0 Å². The summed E-state index contributed by atoms with van der Waals surface area (Å²) in [5, 5.41) is 4.31. The van der Waals surface area contributed by atoms with Crippen LogP contribution in [-0.4, -0.2) is 52.2 Å². The van der Waals surface area contributed by atoms with Crippen LogP contribution in [0.15, 0.2) is 36.7 Å². The monoisotopic (exact) mass is 358 g/mol. The van der Waals surface area contributed by atoms with Crippen LogP contribution in [-0.2, 0) is 11.3 Å². The van der Waals surface area contributed by atoms with Gasteiger partial charge >= 0.3 is 0 Å². The van der Waals surface area contributed by atoms with E-state index < -0.39 is 0 Å². The molecule has 5 nitrogen and oxygen atoms in total. The smallest absolute Gasteiger partial charge is 0.236 e. The molecule has 6 heteroatoms. The molecule has 26 heavy (non-hydrogen) atoms. The molecule has 1 aliphatic rings. The predicted octanol–water partition coefficient (Wildman–Crippen LogP) is 3.24. The van der Waals surface area contributed by atoms with Gasteiger partial charge in [0, 0.05) is 25.4 Å². The fourth-order valence-electron chi connectivity index (χ4n) is 3.32. The van der Waals surface area contributed by atoms with Crippen molar-refractivity contribution in [3.8, 4) is 5.69 Å². The summed E-state index contributed by atoms with van der Waals surface area (Å²) in [5.41, 5.74) is 1.75. The minimum atomic E-state index is -0.268. The van der Waals surface area contributed by atoms with Gasteiger partial charge in [0.2, 0.25) is 5.91 Å². The van der Waals surface area contributed by atoms with Gasteiger partial charge in [0.15, 0.2) is 0 Å². The third kappa shape index (κ3) is 5.14. The lowest BCUT2D eigenvalue weighted by molar-refractivity contribution is -0.131. The number of carbonyl (C=O) groups is 1. The molecule has 1 fully saturated rings. The largest absolute Gasteiger partial charge is 0.340 e. The van der Waals surface area contributed by atoms with Crippen LogP contribution < -0.4 is 0 Å². The highest BCUT2D eigenvalue weighted by molar-refractivity contribution is 5.78. The van der Waals surface area contributed by atoms with Crippen LogP contribution in [0, 0.1) is 5.82 Å². The Morgan fingerprint density at radius 2 is 1.77 bits per heavy atom. The van der Waals surface area contributed by atoms with Crippen LogP contribution >= 0.6 is 0 Å². The Bertz CT molecular complexity index is 705. The second kappa shape index (κ2) is 8.94. The minimum Gasteiger partial charge on any atom is -0.340 e. The molecule has 140 valence electrons. The minimum absolute atomic E-state index is 0.139. The lowest BCUT2D eigenvalue weighted by atomic mass is 10.1. The molecule has 0 spiro atoms. The van der Waals surface area contributed by atoms with Crippen molar-refractivity contribution >= 4 is 5.91 Å². The molecule has 3 rings (SSSR count). The van der Waals surface area contributed by atoms with E-state index in [0.29, 0.717) is 13.1 Å². The van der Waals surface area contributed by atoms with Gasteiger partial charge in [-0.05, 0) is 50.2 Å². The number of hydrogen-bond donors (Lipinski definition) is 0. The summed E-state index contributed by atoms with van der Waals surface area (Å²) in [6.45, 7) is 3.04. The number of rotatable bonds is 5. The van der Waals surface area contributed by atoms with Gasteiger partial charge in [-0.3, -0.25) is 9.69 Å². The van der Waals surface area contributed by atoms with Crippen LogP contribution in [0.5, 0.6) is 0 Å². The van der Waals surface area contributed by atoms with E-state index in [2.05, 4.69) is 10.00 Å². The van der Waals surface area contributed by atoms with Crippen molar-refractivity contribution in [3.05, 3.63) is 48.0 Å². The summed E-state index contributed by atoms with van der Waals surface area (Å²) in [5.74, 6) is -0.129. The molecule has 1 saturated heterocycles. The van der Waals surface area contributed by atoms with E-state index in [4.69, 9.17) is 0 Å². The lowest BCUT2D eigenvalue weighted by Gasteiger charge is -2.26. The number of halogens is 1. The maximum absolute atomic E-state index is 13.0. The number of amides is 1. The Labute approximate surface area is 154 Å². The van der Waals surface area contributed by atoms with Gasteiger partial charge < -0.3 is 4.90 Å². The average molecular weight is 358 g/mol. The summed E-state index contributed by atoms with van der Waals surface area (Å²) in [6, 6.07) is 6.19. The van der Waals surface area contributed by atoms with Crippen molar-refractivity contribution in [2.24, 2.45) is 0 Å². The first kappa shape index (κ1) is 18.6. The molecular weight excluding hydrogens is 331 g/mol. The second-order valence-corrected chi connectivity index (χ2v) is 7.06. The molecule has 1 amide bonds. The summed E-state index contributed by atoms with van der Waals surface area (Å²) in [6.07, 6.45) is 9.85. The van der Waals surface area contributed by atoms with Gasteiger partial charge in [-0.1, -0.05) is 19.3 Å². The highest BCUT2D eigenvalue weighted by Crippen LogP contribution is 2.12. The van der Waals surface area contributed by atoms with Crippen molar-refractivity contribution in [2.75, 3.05) is 26.7 Å². The number of likely N-dealkylation sites (tertiary alicyclic amines) is 1. The van der Waals surface area contributed by atoms with Gasteiger partial charge in [-0.15, -0.1) is 0 Å². The number of hydrogen-bond acceptors (Lipinski definition) is 3. The van der Waals surface area contributed by atoms with Crippen molar-refractivity contribution in [3.63, 3.8) is 0 Å². The normalized spacial score (nSPS) is 16.1. The summed E-state index contributed by atoms with van der Waals surface area (Å²) >= 11 is 0. The van der Waals surface area contributed by atoms with E-state index in [-0.39, 0.29) is 11.7 Å². The quantitative estimate of drug-likeness (QED) is 0.824. The molecule has 0 N–H and O–H groups in total. The molecule has 0 atom stereocenters. The van der Waals surface area contributed by atoms with Crippen molar-refractivity contribution in [1.82, 2.24) is 19.6 Å². The zero-order valence-corrected chi connectivity index (χ0v) is 15.4. The molecule has 2 aromatic rings. The number of carbonyl (C=O) groups excluding carboxylic acids is 1. The molecule has 0 aliphatic carbocycles. The molecule has 0 bridgehead atoms. The Hall–Kier alpha value is -2.21. The molecule has 1 aromatic heterocycles. The summed E-state index contributed by atoms with van der Waals surface area (Å²) in [4.78, 5) is 16.6. The Morgan fingerprint density at radius 1 is 1.12 bits per heavy atom. The summed E-state index contributed by atoms with van der Waals surface area (Å²) < 4.78 is 14.7. The fourth-order valence-corrected chi connectivity index (χ4v) is 3.32. The summed E-state index contributed by atoms with van der Waals surface area (Å²) in [7, 11) is 1.83. The van der Waals surface area contributed by atoms with Crippen LogP contribution in [0.2, 0.25) is 0 Å². The number of likely N-dealkylation sites (N-methyl/N-ethyl adjacent to an activating group) is 1. The third-order valence-corrected chi connectivity index (χ3v) is 4.88. The SMILES string of the molecule is CN(Cc1cnn(-c2ccc(F)cc2)c1)C(=O)CN1CCCCCCC1. The number of benzene rings is 1. The number of nitrogens with zero attached hydrogens (tertiary/aromatic N) is 4. The van der Waals surface area contributed by atoms with Crippen molar-refractivity contribution < 1.29 is 9.18 Å². The predicted molar refractivity (Wildman–Crippen MR) is 99.5 cm³/mol. The van der Waals surface area contributed by atoms with E-state index in [1.807, 2.05) is 13.2 Å². The highest BCUT2D eigenvalue weighted by atomic mass is 19.1. The van der Waals surface area contributed by atoms with E-state index in [9.17, 15) is 9.18 Å². The zero-order chi connectivity index (χ0) is 18.4. The van der Waals surface area contributed by atoms with Gasteiger partial charge in [-0.25, -0.2) is 9.07 Å². The van der Waals surface area contributed by atoms with Crippen LogP contribution in [0.1, 0.15) is 37.7 Å². The number of aromatic nitrogens is 2. The third-order valence-electron chi connectivity index (χ3n) is 4.88. The van der Waals surface area contributed by atoms with Gasteiger partial charge in [0.1, 0.15) is 5.82 Å². The molecule has 1 aliphatic heterocycles. The van der Waals surface area contributed by atoms with Crippen LogP contribution in [0.4, 0.5) is 4.39 Å². The topological polar surface area (TPSA) is 41.4 Å². The maximum atomic E-state index is 13.0. The Balaban J connectivity index is 1.54. The van der Waals surface area contributed by atoms with Crippen LogP contribution in [0.3, 0.4) is 0 Å². The molecular formula is C20H27FN4O. The lowest BCUT2D eigenvalue weighted by Crippen LogP contribution is -2.39. The first-order valence-corrected chi connectivity index (χ1v) is 9.37. The molecule has 0 unspecified atom stereocenters. The molecule has 1 aromatic carbocycles. The maximum Gasteiger partial charge on any atom is 0.236 e. The molecule has 2 heterocycles. The first-order valence-electron chi connectivity index (χ1n) is 9.37. The highest BCUT2D eigenvalue weighted by Gasteiger charge is 2.16. The van der Waals surface area contributed by atoms with E-state index in [0.717, 1.165) is 24.3 Å². The van der Waals surface area contributed by atoms with Gasteiger partial charge in [-0.2, -0.15) is 5.10 Å². The van der Waals surface area contributed by atoms with Gasteiger partial charge in [0.05, 0.1) is 18.4 Å². The van der Waals surface area contributed by atoms with E-state index in [1.54, 1.807) is 27.9 Å². The second-order valence-electron chi connectivity index (χ2n) is 7.06. The fraction of sp³-hybridized carbons (Fsp3) is 0.500. The molecule has 0 saturated carbocycles. The Morgan fingerprint density at radius 3 is 2.46 bits per heavy atom. The van der Waals surface area contributed by atoms with Crippen LogP contribution in [0.25, 0.3) is 5.69 Å². The first-order chi connectivity index (χ1) is 12.6. The zero-order valence-electron chi connectivity index (χ0n) is 15.4. The standard InChI is InChI=1S/C20H27FN4O/c1-23(20(26)16-24-11-5-3-2-4-6-12-24)14-17-13-22-25(15-17)19-9-7-18(21)8-10-19/h7-10,13,15H,2-6,11-12,14,16H2,1H3. The average Bonchev–Trinajstić information content (AvgIpc) is 3.06. The Kier molecular flexibility index (Phi) is 6.39. The van der Waals surface area contributed by atoms with Crippen molar-refractivity contribution in [1.29, 1.82) is 0 Å². The van der Waals surface area contributed by atoms with Crippen molar-refractivity contribution in [2.45, 2.75) is 38.6 Å². The van der Waals surface area contributed by atoms with E-state index in [1.165, 1.54) is 44.2 Å². The van der Waals surface area contributed by atoms with E-state index >= 15 is 0 Å².